The summed E-state index contributed by atoms with van der Waals surface area (Å²) in [5.74, 6) is 0.888. The zero-order valence-electron chi connectivity index (χ0n) is 10.7. The number of rotatable bonds is 6. The fraction of sp³-hybridized carbons (Fsp3) is 0.500. The van der Waals surface area contributed by atoms with Crippen LogP contribution in [0.15, 0.2) is 24.3 Å². The number of ether oxygens (including phenoxy) is 2. The molecule has 0 aliphatic carbocycles. The number of methoxy groups -OCH3 is 1. The average molecular weight is 236 g/mol. The van der Waals surface area contributed by atoms with Gasteiger partial charge in [0.1, 0.15) is 5.75 Å². The van der Waals surface area contributed by atoms with Gasteiger partial charge in [0.25, 0.3) is 0 Å². The minimum Gasteiger partial charge on any atom is -0.497 e. The SMILES string of the molecule is CCC[C@@H](C)COC(=O)c1ccc(OC)cc1. The van der Waals surface area contributed by atoms with Gasteiger partial charge in [0.2, 0.25) is 0 Å². The van der Waals surface area contributed by atoms with Crippen molar-refractivity contribution in [2.24, 2.45) is 5.92 Å². The molecule has 0 heterocycles. The van der Waals surface area contributed by atoms with E-state index in [9.17, 15) is 4.79 Å². The molecule has 1 aromatic rings. The third kappa shape index (κ3) is 4.47. The molecule has 1 aromatic carbocycles. The molecule has 94 valence electrons. The van der Waals surface area contributed by atoms with Gasteiger partial charge in [0.15, 0.2) is 0 Å². The third-order valence-corrected chi connectivity index (χ3v) is 2.61. The van der Waals surface area contributed by atoms with Crippen molar-refractivity contribution < 1.29 is 14.3 Å². The fourth-order valence-electron chi connectivity index (χ4n) is 1.60. The number of hydrogen-bond donors (Lipinski definition) is 0. The first-order valence-corrected chi connectivity index (χ1v) is 5.98. The Bertz CT molecular complexity index is 343. The Balaban J connectivity index is 2.46. The molecule has 0 amide bonds. The second kappa shape index (κ2) is 6.94. The number of benzene rings is 1. The monoisotopic (exact) mass is 236 g/mol. The summed E-state index contributed by atoms with van der Waals surface area (Å²) in [5.41, 5.74) is 0.564. The Labute approximate surface area is 103 Å². The predicted octanol–water partition coefficient (Wildman–Crippen LogP) is 3.29. The van der Waals surface area contributed by atoms with Crippen molar-refractivity contribution in [3.05, 3.63) is 29.8 Å². The first-order valence-electron chi connectivity index (χ1n) is 5.98. The predicted molar refractivity (Wildman–Crippen MR) is 67.3 cm³/mol. The number of carbonyl (C=O) groups is 1. The van der Waals surface area contributed by atoms with Gasteiger partial charge in [-0.05, 0) is 36.6 Å². The zero-order valence-corrected chi connectivity index (χ0v) is 10.7. The second-order valence-corrected chi connectivity index (χ2v) is 4.22. The molecular formula is C14H20O3. The Hall–Kier alpha value is -1.51. The Morgan fingerprint density at radius 2 is 1.94 bits per heavy atom. The lowest BCUT2D eigenvalue weighted by Gasteiger charge is -2.10. The first kappa shape index (κ1) is 13.6. The van der Waals surface area contributed by atoms with Crippen LogP contribution < -0.4 is 4.74 Å². The standard InChI is InChI=1S/C14H20O3/c1-4-5-11(2)10-17-14(15)12-6-8-13(16-3)9-7-12/h6-9,11H,4-5,10H2,1-3H3/t11-/m1/s1. The van der Waals surface area contributed by atoms with Crippen molar-refractivity contribution in [2.45, 2.75) is 26.7 Å². The lowest BCUT2D eigenvalue weighted by atomic mass is 10.1. The summed E-state index contributed by atoms with van der Waals surface area (Å²) in [4.78, 5) is 11.7. The molecule has 0 fully saturated rings. The van der Waals surface area contributed by atoms with Crippen LogP contribution in [0.25, 0.3) is 0 Å². The molecular weight excluding hydrogens is 216 g/mol. The van der Waals surface area contributed by atoms with E-state index < -0.39 is 0 Å². The van der Waals surface area contributed by atoms with E-state index in [1.807, 2.05) is 0 Å². The van der Waals surface area contributed by atoms with Crippen LogP contribution in [0.5, 0.6) is 5.75 Å². The van der Waals surface area contributed by atoms with E-state index in [4.69, 9.17) is 9.47 Å². The summed E-state index contributed by atoms with van der Waals surface area (Å²) >= 11 is 0. The highest BCUT2D eigenvalue weighted by molar-refractivity contribution is 5.89. The molecule has 1 atom stereocenters. The van der Waals surface area contributed by atoms with E-state index in [-0.39, 0.29) is 5.97 Å². The van der Waals surface area contributed by atoms with Gasteiger partial charge < -0.3 is 9.47 Å². The van der Waals surface area contributed by atoms with E-state index >= 15 is 0 Å². The summed E-state index contributed by atoms with van der Waals surface area (Å²) in [5, 5.41) is 0. The average Bonchev–Trinajstić information content (AvgIpc) is 2.36. The van der Waals surface area contributed by atoms with Crippen LogP contribution in [0.2, 0.25) is 0 Å². The van der Waals surface area contributed by atoms with Gasteiger partial charge in [-0.15, -0.1) is 0 Å². The quantitative estimate of drug-likeness (QED) is 0.711. The van der Waals surface area contributed by atoms with Gasteiger partial charge in [-0.3, -0.25) is 0 Å². The molecule has 3 heteroatoms. The molecule has 0 radical (unpaired) electrons. The van der Waals surface area contributed by atoms with Crippen LogP contribution in [0, 0.1) is 5.92 Å². The van der Waals surface area contributed by atoms with Crippen molar-refractivity contribution in [1.29, 1.82) is 0 Å². The lowest BCUT2D eigenvalue weighted by molar-refractivity contribution is 0.0443. The highest BCUT2D eigenvalue weighted by Crippen LogP contribution is 2.13. The summed E-state index contributed by atoms with van der Waals surface area (Å²) in [6.07, 6.45) is 2.19. The smallest absolute Gasteiger partial charge is 0.338 e. The molecule has 0 saturated carbocycles. The van der Waals surface area contributed by atoms with Crippen LogP contribution >= 0.6 is 0 Å². The van der Waals surface area contributed by atoms with Crippen molar-refractivity contribution in [1.82, 2.24) is 0 Å². The van der Waals surface area contributed by atoms with E-state index in [2.05, 4.69) is 13.8 Å². The summed E-state index contributed by atoms with van der Waals surface area (Å²) < 4.78 is 10.3. The van der Waals surface area contributed by atoms with Gasteiger partial charge in [-0.2, -0.15) is 0 Å². The molecule has 3 nitrogen and oxygen atoms in total. The number of hydrogen-bond acceptors (Lipinski definition) is 3. The van der Waals surface area contributed by atoms with E-state index in [0.29, 0.717) is 18.1 Å². The number of carbonyl (C=O) groups excluding carboxylic acids is 1. The molecule has 0 aliphatic heterocycles. The second-order valence-electron chi connectivity index (χ2n) is 4.22. The van der Waals surface area contributed by atoms with Gasteiger partial charge in [0, 0.05) is 0 Å². The maximum absolute atomic E-state index is 11.7. The molecule has 0 unspecified atom stereocenters. The molecule has 0 bridgehead atoms. The Kier molecular flexibility index (Phi) is 5.53. The fourth-order valence-corrected chi connectivity index (χ4v) is 1.60. The summed E-state index contributed by atoms with van der Waals surface area (Å²) in [6.45, 7) is 4.70. The van der Waals surface area contributed by atoms with Crippen LogP contribution in [0.4, 0.5) is 0 Å². The first-order chi connectivity index (χ1) is 8.17. The lowest BCUT2D eigenvalue weighted by Crippen LogP contribution is -2.12. The molecule has 0 aromatic heterocycles. The topological polar surface area (TPSA) is 35.5 Å². The Morgan fingerprint density at radius 3 is 2.47 bits per heavy atom. The van der Waals surface area contributed by atoms with Crippen LogP contribution in [-0.2, 0) is 4.74 Å². The number of esters is 1. The van der Waals surface area contributed by atoms with E-state index in [1.54, 1.807) is 31.4 Å². The third-order valence-electron chi connectivity index (χ3n) is 2.61. The molecule has 0 N–H and O–H groups in total. The summed E-state index contributed by atoms with van der Waals surface area (Å²) in [7, 11) is 1.60. The molecule has 1 rings (SSSR count). The van der Waals surface area contributed by atoms with Crippen LogP contribution in [0.3, 0.4) is 0 Å². The maximum Gasteiger partial charge on any atom is 0.338 e. The van der Waals surface area contributed by atoms with Crippen molar-refractivity contribution in [2.75, 3.05) is 13.7 Å². The van der Waals surface area contributed by atoms with Crippen molar-refractivity contribution in [3.63, 3.8) is 0 Å². The molecule has 0 saturated heterocycles. The van der Waals surface area contributed by atoms with E-state index in [0.717, 1.165) is 18.6 Å². The largest absolute Gasteiger partial charge is 0.497 e. The van der Waals surface area contributed by atoms with E-state index in [1.165, 1.54) is 0 Å². The van der Waals surface area contributed by atoms with Gasteiger partial charge in [-0.25, -0.2) is 4.79 Å². The molecule has 0 spiro atoms. The minimum absolute atomic E-state index is 0.268. The maximum atomic E-state index is 11.7. The Morgan fingerprint density at radius 1 is 1.29 bits per heavy atom. The van der Waals surface area contributed by atoms with Crippen LogP contribution in [0.1, 0.15) is 37.0 Å². The van der Waals surface area contributed by atoms with Gasteiger partial charge in [0.05, 0.1) is 19.3 Å². The minimum atomic E-state index is -0.268. The zero-order chi connectivity index (χ0) is 12.7. The summed E-state index contributed by atoms with van der Waals surface area (Å²) in [6, 6.07) is 6.94. The molecule has 17 heavy (non-hydrogen) atoms. The highest BCUT2D eigenvalue weighted by Gasteiger charge is 2.09. The normalized spacial score (nSPS) is 11.9. The van der Waals surface area contributed by atoms with Crippen molar-refractivity contribution in [3.8, 4) is 5.75 Å². The molecule has 0 aliphatic rings. The van der Waals surface area contributed by atoms with Gasteiger partial charge in [-0.1, -0.05) is 20.3 Å². The van der Waals surface area contributed by atoms with Gasteiger partial charge >= 0.3 is 5.97 Å². The van der Waals surface area contributed by atoms with Crippen LogP contribution in [-0.4, -0.2) is 19.7 Å². The highest BCUT2D eigenvalue weighted by atomic mass is 16.5. The van der Waals surface area contributed by atoms with Crippen molar-refractivity contribution >= 4 is 5.97 Å².